The summed E-state index contributed by atoms with van der Waals surface area (Å²) in [6, 6.07) is 7.08. The van der Waals surface area contributed by atoms with E-state index >= 15 is 0 Å². The fourth-order valence-corrected chi connectivity index (χ4v) is 2.73. The summed E-state index contributed by atoms with van der Waals surface area (Å²) in [7, 11) is 1.63. The Morgan fingerprint density at radius 3 is 2.44 bits per heavy atom. The van der Waals surface area contributed by atoms with E-state index in [-0.39, 0.29) is 4.90 Å². The summed E-state index contributed by atoms with van der Waals surface area (Å²) in [6.07, 6.45) is 5.97. The van der Waals surface area contributed by atoms with Crippen molar-refractivity contribution in [3.8, 4) is 11.3 Å². The highest BCUT2D eigenvalue weighted by atomic mass is 35.7. The number of hydrogen-bond acceptors (Lipinski definition) is 3. The molecule has 0 unspecified atom stereocenters. The van der Waals surface area contributed by atoms with Crippen LogP contribution in [-0.4, -0.2) is 18.0 Å². The monoisotopic (exact) mass is 282 g/mol. The van der Waals surface area contributed by atoms with Gasteiger partial charge in [0, 0.05) is 16.7 Å². The molecule has 0 aliphatic heterocycles. The largest absolute Gasteiger partial charge is 0.328 e. The Morgan fingerprint density at radius 1 is 1.22 bits per heavy atom. The van der Waals surface area contributed by atoms with Gasteiger partial charge in [0.2, 0.25) is 0 Å². The first-order valence-electron chi connectivity index (χ1n) is 5.62. The third-order valence-corrected chi connectivity index (χ3v) is 4.41. The summed E-state index contributed by atoms with van der Waals surface area (Å²) < 4.78 is 24.5. The van der Waals surface area contributed by atoms with E-state index < -0.39 is 9.05 Å². The van der Waals surface area contributed by atoms with Gasteiger partial charge in [-0.3, -0.25) is 0 Å². The number of rotatable bonds is 3. The van der Waals surface area contributed by atoms with Crippen molar-refractivity contribution in [2.24, 2.45) is 0 Å². The summed E-state index contributed by atoms with van der Waals surface area (Å²) >= 11 is 0. The van der Waals surface area contributed by atoms with E-state index in [1.54, 1.807) is 18.3 Å². The van der Waals surface area contributed by atoms with Crippen LogP contribution in [0.2, 0.25) is 0 Å². The van der Waals surface area contributed by atoms with Crippen LogP contribution in [0.4, 0.5) is 0 Å². The molecule has 6 heteroatoms. The number of imidazole rings is 1. The smallest absolute Gasteiger partial charge is 0.261 e. The molecule has 4 nitrogen and oxygen atoms in total. The van der Waals surface area contributed by atoms with E-state index in [4.69, 9.17) is 10.7 Å². The quantitative estimate of drug-likeness (QED) is 0.814. The van der Waals surface area contributed by atoms with Crippen LogP contribution >= 0.6 is 10.7 Å². The zero-order valence-corrected chi connectivity index (χ0v) is 11.0. The number of benzene rings is 1. The van der Waals surface area contributed by atoms with Gasteiger partial charge in [-0.25, -0.2) is 13.4 Å². The molecule has 1 fully saturated rings. The molecule has 94 valence electrons. The zero-order chi connectivity index (χ0) is 12.8. The van der Waals surface area contributed by atoms with E-state index in [0.29, 0.717) is 6.04 Å². The molecule has 1 saturated carbocycles. The minimum Gasteiger partial charge on any atom is -0.328 e. The molecule has 0 radical (unpaired) electrons. The standard InChI is InChI=1S/C12H11ClN2O2S/c13-18(16,17)11-5-1-9(2-6-11)12-7-14-8-15(12)10-3-4-10/h1-2,5-8,10H,3-4H2. The lowest BCUT2D eigenvalue weighted by atomic mass is 10.2. The van der Waals surface area contributed by atoms with Crippen molar-refractivity contribution in [1.29, 1.82) is 0 Å². The predicted molar refractivity (Wildman–Crippen MR) is 69.0 cm³/mol. The van der Waals surface area contributed by atoms with Gasteiger partial charge >= 0.3 is 0 Å². The summed E-state index contributed by atoms with van der Waals surface area (Å²) in [5.74, 6) is 0. The lowest BCUT2D eigenvalue weighted by Gasteiger charge is -2.06. The fraction of sp³-hybridized carbons (Fsp3) is 0.250. The van der Waals surface area contributed by atoms with Crippen LogP contribution in [0.1, 0.15) is 18.9 Å². The van der Waals surface area contributed by atoms with Gasteiger partial charge in [-0.15, -0.1) is 0 Å². The first-order chi connectivity index (χ1) is 8.55. The molecule has 0 atom stereocenters. The molecule has 0 bridgehead atoms. The fourth-order valence-electron chi connectivity index (χ4n) is 1.96. The summed E-state index contributed by atoms with van der Waals surface area (Å²) in [6.45, 7) is 0. The van der Waals surface area contributed by atoms with Crippen molar-refractivity contribution in [2.75, 3.05) is 0 Å². The minimum absolute atomic E-state index is 0.116. The van der Waals surface area contributed by atoms with Gasteiger partial charge in [0.25, 0.3) is 9.05 Å². The number of hydrogen-bond donors (Lipinski definition) is 0. The van der Waals surface area contributed by atoms with Crippen molar-refractivity contribution in [3.63, 3.8) is 0 Å². The lowest BCUT2D eigenvalue weighted by Crippen LogP contribution is -1.95. The highest BCUT2D eigenvalue weighted by Crippen LogP contribution is 2.38. The number of nitrogens with zero attached hydrogens (tertiary/aromatic N) is 2. The Balaban J connectivity index is 2.00. The Hall–Kier alpha value is -1.33. The first-order valence-corrected chi connectivity index (χ1v) is 7.93. The predicted octanol–water partition coefficient (Wildman–Crippen LogP) is 2.81. The molecule has 1 heterocycles. The molecule has 3 rings (SSSR count). The third-order valence-electron chi connectivity index (χ3n) is 3.04. The maximum absolute atomic E-state index is 11.2. The van der Waals surface area contributed by atoms with Crippen molar-refractivity contribution in [3.05, 3.63) is 36.8 Å². The Morgan fingerprint density at radius 2 is 1.89 bits per heavy atom. The molecule has 1 aromatic heterocycles. The average molecular weight is 283 g/mol. The lowest BCUT2D eigenvalue weighted by molar-refractivity contribution is 0.609. The van der Waals surface area contributed by atoms with Crippen molar-refractivity contribution in [1.82, 2.24) is 9.55 Å². The van der Waals surface area contributed by atoms with Gasteiger partial charge in [0.05, 0.1) is 23.1 Å². The maximum Gasteiger partial charge on any atom is 0.261 e. The van der Waals surface area contributed by atoms with Crippen molar-refractivity contribution >= 4 is 19.7 Å². The van der Waals surface area contributed by atoms with Gasteiger partial charge < -0.3 is 4.57 Å². The second-order valence-corrected chi connectivity index (χ2v) is 6.95. The van der Waals surface area contributed by atoms with Gasteiger partial charge in [-0.05, 0) is 30.5 Å². The maximum atomic E-state index is 11.2. The van der Waals surface area contributed by atoms with Gasteiger partial charge in [-0.2, -0.15) is 0 Å². The molecule has 18 heavy (non-hydrogen) atoms. The molecule has 0 spiro atoms. The van der Waals surface area contributed by atoms with Crippen LogP contribution in [0.3, 0.4) is 0 Å². The van der Waals surface area contributed by atoms with E-state index in [9.17, 15) is 8.42 Å². The van der Waals surface area contributed by atoms with E-state index in [0.717, 1.165) is 11.3 Å². The molecule has 0 N–H and O–H groups in total. The highest BCUT2D eigenvalue weighted by Gasteiger charge is 2.25. The molecule has 1 aliphatic rings. The summed E-state index contributed by atoms with van der Waals surface area (Å²) in [4.78, 5) is 4.27. The molecule has 0 amide bonds. The van der Waals surface area contributed by atoms with Crippen molar-refractivity contribution in [2.45, 2.75) is 23.8 Å². The Bertz CT molecular complexity index is 672. The normalized spacial score (nSPS) is 15.8. The molecular formula is C12H11ClN2O2S. The third kappa shape index (κ3) is 2.15. The number of aromatic nitrogens is 2. The number of halogens is 1. The van der Waals surface area contributed by atoms with E-state index in [1.807, 2.05) is 6.33 Å². The van der Waals surface area contributed by atoms with Gasteiger partial charge in [0.1, 0.15) is 0 Å². The second kappa shape index (κ2) is 4.10. The van der Waals surface area contributed by atoms with Gasteiger partial charge in [-0.1, -0.05) is 12.1 Å². The van der Waals surface area contributed by atoms with Crippen LogP contribution in [0.25, 0.3) is 11.3 Å². The molecule has 2 aromatic rings. The molecule has 0 saturated heterocycles. The Labute approximate surface area is 110 Å². The van der Waals surface area contributed by atoms with Crippen molar-refractivity contribution < 1.29 is 8.42 Å². The van der Waals surface area contributed by atoms with Crippen LogP contribution in [0, 0.1) is 0 Å². The first kappa shape index (κ1) is 11.7. The molecule has 1 aliphatic carbocycles. The highest BCUT2D eigenvalue weighted by molar-refractivity contribution is 8.13. The minimum atomic E-state index is -3.65. The van der Waals surface area contributed by atoms with E-state index in [1.165, 1.54) is 25.0 Å². The topological polar surface area (TPSA) is 52.0 Å². The van der Waals surface area contributed by atoms with Crippen LogP contribution in [-0.2, 0) is 9.05 Å². The molecular weight excluding hydrogens is 272 g/mol. The van der Waals surface area contributed by atoms with Crippen LogP contribution in [0.15, 0.2) is 41.7 Å². The van der Waals surface area contributed by atoms with Crippen LogP contribution in [0.5, 0.6) is 0 Å². The zero-order valence-electron chi connectivity index (χ0n) is 9.45. The summed E-state index contributed by atoms with van der Waals surface area (Å²) in [5, 5.41) is 0. The SMILES string of the molecule is O=S(=O)(Cl)c1ccc(-c2cncn2C2CC2)cc1. The van der Waals surface area contributed by atoms with E-state index in [2.05, 4.69) is 9.55 Å². The average Bonchev–Trinajstić information content (AvgIpc) is 3.06. The Kier molecular flexibility index (Phi) is 2.68. The second-order valence-electron chi connectivity index (χ2n) is 4.38. The van der Waals surface area contributed by atoms with Crippen LogP contribution < -0.4 is 0 Å². The molecule has 1 aromatic carbocycles. The van der Waals surface area contributed by atoms with Gasteiger partial charge in [0.15, 0.2) is 0 Å². The summed E-state index contributed by atoms with van der Waals surface area (Å²) in [5.41, 5.74) is 1.96.